The number of amides is 1. The number of anilines is 2. The molecule has 1 amide bonds. The number of thioether (sulfide) groups is 1. The topological polar surface area (TPSA) is 98.6 Å². The molecule has 0 spiro atoms. The van der Waals surface area contributed by atoms with E-state index in [0.29, 0.717) is 21.5 Å². The zero-order valence-electron chi connectivity index (χ0n) is 18.4. The Morgan fingerprint density at radius 1 is 1.12 bits per heavy atom. The summed E-state index contributed by atoms with van der Waals surface area (Å²) < 4.78 is 12.3. The van der Waals surface area contributed by atoms with Crippen LogP contribution >= 0.6 is 23.1 Å². The van der Waals surface area contributed by atoms with Crippen LogP contribution in [0.15, 0.2) is 40.9 Å². The summed E-state index contributed by atoms with van der Waals surface area (Å²) in [7, 11) is 2.94. The van der Waals surface area contributed by atoms with Gasteiger partial charge in [-0.3, -0.25) is 9.36 Å². The van der Waals surface area contributed by atoms with Crippen molar-refractivity contribution in [3.8, 4) is 11.4 Å². The normalized spacial score (nSPS) is 13.6. The Bertz CT molecular complexity index is 1120. The molecule has 2 aromatic heterocycles. The first kappa shape index (κ1) is 23.1. The van der Waals surface area contributed by atoms with Crippen molar-refractivity contribution in [2.24, 2.45) is 0 Å². The number of piperidine rings is 1. The van der Waals surface area contributed by atoms with Crippen LogP contribution in [0.3, 0.4) is 0 Å². The lowest BCUT2D eigenvalue weighted by atomic mass is 10.1. The summed E-state index contributed by atoms with van der Waals surface area (Å²) in [5, 5.41) is 14.0. The third-order valence-corrected chi connectivity index (χ3v) is 7.05. The number of thiophene rings is 1. The van der Waals surface area contributed by atoms with Crippen LogP contribution in [0.5, 0.6) is 5.75 Å². The maximum Gasteiger partial charge on any atom is 0.350 e. The van der Waals surface area contributed by atoms with Crippen LogP contribution in [0.1, 0.15) is 28.9 Å². The van der Waals surface area contributed by atoms with Gasteiger partial charge in [-0.25, -0.2) is 4.79 Å². The molecule has 0 unspecified atom stereocenters. The predicted octanol–water partition coefficient (Wildman–Crippen LogP) is 3.85. The van der Waals surface area contributed by atoms with Crippen LogP contribution in [0.4, 0.5) is 11.6 Å². The van der Waals surface area contributed by atoms with Crippen molar-refractivity contribution in [3.63, 3.8) is 0 Å². The summed E-state index contributed by atoms with van der Waals surface area (Å²) in [6.45, 7) is 1.82. The van der Waals surface area contributed by atoms with Crippen molar-refractivity contribution < 1.29 is 19.1 Å². The SMILES string of the molecule is COC(=O)c1sccc1NC(=O)CSc1nnc(N2CCCCC2)n1-c1ccccc1OC. The van der Waals surface area contributed by atoms with E-state index in [1.807, 2.05) is 28.8 Å². The molecule has 0 saturated carbocycles. The number of methoxy groups -OCH3 is 2. The molecule has 1 aromatic carbocycles. The Labute approximate surface area is 200 Å². The highest BCUT2D eigenvalue weighted by atomic mass is 32.2. The number of hydrogen-bond donors (Lipinski definition) is 1. The second-order valence-electron chi connectivity index (χ2n) is 7.33. The number of para-hydroxylation sites is 2. The molecule has 11 heteroatoms. The van der Waals surface area contributed by atoms with Gasteiger partial charge in [0, 0.05) is 13.1 Å². The van der Waals surface area contributed by atoms with Crippen LogP contribution in [-0.4, -0.2) is 59.7 Å². The highest BCUT2D eigenvalue weighted by Gasteiger charge is 2.24. The van der Waals surface area contributed by atoms with E-state index in [1.165, 1.54) is 36.6 Å². The molecule has 1 saturated heterocycles. The molecule has 4 rings (SSSR count). The van der Waals surface area contributed by atoms with Crippen LogP contribution in [-0.2, 0) is 9.53 Å². The Hall–Kier alpha value is -3.05. The van der Waals surface area contributed by atoms with Gasteiger partial charge in [-0.15, -0.1) is 21.5 Å². The van der Waals surface area contributed by atoms with E-state index in [2.05, 4.69) is 20.4 Å². The van der Waals surface area contributed by atoms with Gasteiger partial charge in [-0.05, 0) is 42.8 Å². The Kier molecular flexibility index (Phi) is 7.50. The van der Waals surface area contributed by atoms with Crippen molar-refractivity contribution in [1.82, 2.24) is 14.8 Å². The van der Waals surface area contributed by atoms with Gasteiger partial charge in [0.15, 0.2) is 5.16 Å². The molecule has 9 nitrogen and oxygen atoms in total. The van der Waals surface area contributed by atoms with Crippen LogP contribution in [0.2, 0.25) is 0 Å². The molecule has 0 radical (unpaired) electrons. The summed E-state index contributed by atoms with van der Waals surface area (Å²) >= 11 is 2.50. The number of rotatable bonds is 8. The van der Waals surface area contributed by atoms with E-state index in [9.17, 15) is 9.59 Å². The third-order valence-electron chi connectivity index (χ3n) is 5.22. The van der Waals surface area contributed by atoms with Gasteiger partial charge in [-0.2, -0.15) is 0 Å². The van der Waals surface area contributed by atoms with E-state index >= 15 is 0 Å². The monoisotopic (exact) mass is 487 g/mol. The number of hydrogen-bond acceptors (Lipinski definition) is 9. The second-order valence-corrected chi connectivity index (χ2v) is 9.19. The van der Waals surface area contributed by atoms with Gasteiger partial charge in [0.2, 0.25) is 11.9 Å². The maximum atomic E-state index is 12.7. The van der Waals surface area contributed by atoms with E-state index in [1.54, 1.807) is 18.6 Å². The van der Waals surface area contributed by atoms with Gasteiger partial charge in [0.1, 0.15) is 10.6 Å². The number of nitrogens with zero attached hydrogens (tertiary/aromatic N) is 4. The number of benzene rings is 1. The minimum absolute atomic E-state index is 0.101. The van der Waals surface area contributed by atoms with Crippen molar-refractivity contribution in [2.45, 2.75) is 24.4 Å². The van der Waals surface area contributed by atoms with Gasteiger partial charge in [0.05, 0.1) is 31.3 Å². The van der Waals surface area contributed by atoms with Gasteiger partial charge in [0.25, 0.3) is 0 Å². The van der Waals surface area contributed by atoms with Crippen molar-refractivity contribution >= 4 is 46.6 Å². The largest absolute Gasteiger partial charge is 0.495 e. The zero-order chi connectivity index (χ0) is 23.2. The first-order chi connectivity index (χ1) is 16.1. The minimum atomic E-state index is -0.477. The Morgan fingerprint density at radius 3 is 2.67 bits per heavy atom. The first-order valence-electron chi connectivity index (χ1n) is 10.5. The van der Waals surface area contributed by atoms with Crippen LogP contribution in [0, 0.1) is 0 Å². The molecular weight excluding hydrogens is 462 g/mol. The second kappa shape index (κ2) is 10.7. The average molecular weight is 488 g/mol. The summed E-state index contributed by atoms with van der Waals surface area (Å²) in [4.78, 5) is 27.1. The molecular formula is C22H25N5O4S2. The standard InChI is InChI=1S/C22H25N5O4S2/c1-30-17-9-5-4-8-16(17)27-21(26-11-6-3-7-12-26)24-25-22(27)33-14-18(28)23-15-10-13-32-19(15)20(29)31-2/h4-5,8-10,13H,3,6-7,11-12,14H2,1-2H3,(H,23,28). The number of ether oxygens (including phenoxy) is 2. The number of esters is 1. The summed E-state index contributed by atoms with van der Waals surface area (Å²) in [6.07, 6.45) is 3.41. The molecule has 174 valence electrons. The third kappa shape index (κ3) is 5.14. The van der Waals surface area contributed by atoms with Crippen LogP contribution in [0.25, 0.3) is 5.69 Å². The first-order valence-corrected chi connectivity index (χ1v) is 12.4. The molecule has 3 aromatic rings. The lowest BCUT2D eigenvalue weighted by molar-refractivity contribution is -0.113. The van der Waals surface area contributed by atoms with Crippen LogP contribution < -0.4 is 15.0 Å². The lowest BCUT2D eigenvalue weighted by Gasteiger charge is -2.28. The minimum Gasteiger partial charge on any atom is -0.495 e. The van der Waals surface area contributed by atoms with E-state index in [4.69, 9.17) is 9.47 Å². The number of carbonyl (C=O) groups is 2. The highest BCUT2D eigenvalue weighted by Crippen LogP contribution is 2.33. The molecule has 1 N–H and O–H groups in total. The fourth-order valence-electron chi connectivity index (χ4n) is 3.65. The van der Waals surface area contributed by atoms with Crippen molar-refractivity contribution in [1.29, 1.82) is 0 Å². The summed E-state index contributed by atoms with van der Waals surface area (Å²) in [5.74, 6) is 0.812. The number of aromatic nitrogens is 3. The van der Waals surface area contributed by atoms with E-state index in [-0.39, 0.29) is 11.7 Å². The van der Waals surface area contributed by atoms with E-state index in [0.717, 1.165) is 37.6 Å². The average Bonchev–Trinajstić information content (AvgIpc) is 3.49. The van der Waals surface area contributed by atoms with E-state index < -0.39 is 5.97 Å². The molecule has 0 bridgehead atoms. The predicted molar refractivity (Wildman–Crippen MR) is 129 cm³/mol. The Balaban J connectivity index is 1.56. The lowest BCUT2D eigenvalue weighted by Crippen LogP contribution is -2.31. The quantitative estimate of drug-likeness (QED) is 0.378. The molecule has 3 heterocycles. The van der Waals surface area contributed by atoms with Gasteiger partial charge < -0.3 is 19.7 Å². The van der Waals surface area contributed by atoms with Crippen molar-refractivity contribution in [2.75, 3.05) is 43.3 Å². The number of nitrogens with one attached hydrogen (secondary N) is 1. The van der Waals surface area contributed by atoms with Crippen molar-refractivity contribution in [3.05, 3.63) is 40.6 Å². The van der Waals surface area contributed by atoms with Gasteiger partial charge in [-0.1, -0.05) is 23.9 Å². The fourth-order valence-corrected chi connectivity index (χ4v) is 5.16. The summed E-state index contributed by atoms with van der Waals surface area (Å²) in [6, 6.07) is 9.37. The smallest absolute Gasteiger partial charge is 0.350 e. The zero-order valence-corrected chi connectivity index (χ0v) is 20.1. The fraction of sp³-hybridized carbons (Fsp3) is 0.364. The Morgan fingerprint density at radius 2 is 1.91 bits per heavy atom. The maximum absolute atomic E-state index is 12.7. The molecule has 1 fully saturated rings. The molecule has 1 aliphatic rings. The molecule has 0 aliphatic carbocycles. The highest BCUT2D eigenvalue weighted by molar-refractivity contribution is 7.99. The summed E-state index contributed by atoms with van der Waals surface area (Å²) in [5.41, 5.74) is 1.26. The molecule has 0 atom stereocenters. The number of carbonyl (C=O) groups excluding carboxylic acids is 2. The molecule has 1 aliphatic heterocycles. The van der Waals surface area contributed by atoms with Gasteiger partial charge >= 0.3 is 5.97 Å². The molecule has 33 heavy (non-hydrogen) atoms.